The summed E-state index contributed by atoms with van der Waals surface area (Å²) in [7, 11) is 0. The zero-order valence-electron chi connectivity index (χ0n) is 14.1. The average molecular weight is 294 g/mol. The fourth-order valence-electron chi connectivity index (χ4n) is 2.05. The molecule has 1 unspecified atom stereocenters. The molecule has 1 aromatic carbocycles. The Morgan fingerprint density at radius 3 is 2.19 bits per heavy atom. The zero-order chi connectivity index (χ0) is 15.9. The van der Waals surface area contributed by atoms with Crippen LogP contribution in [0.25, 0.3) is 0 Å². The van der Waals surface area contributed by atoms with Gasteiger partial charge in [0.05, 0.1) is 25.4 Å². The molecule has 21 heavy (non-hydrogen) atoms. The first-order valence-corrected chi connectivity index (χ1v) is 7.76. The van der Waals surface area contributed by atoms with Crippen LogP contribution in [0.1, 0.15) is 51.8 Å². The molecule has 3 heteroatoms. The van der Waals surface area contributed by atoms with E-state index in [9.17, 15) is 5.11 Å². The summed E-state index contributed by atoms with van der Waals surface area (Å²) in [6.45, 7) is 11.8. The normalized spacial score (nSPS) is 13.7. The van der Waals surface area contributed by atoms with Crippen LogP contribution >= 0.6 is 0 Å². The minimum atomic E-state index is -0.576. The molecule has 120 valence electrons. The van der Waals surface area contributed by atoms with E-state index < -0.39 is 6.10 Å². The highest BCUT2D eigenvalue weighted by Crippen LogP contribution is 2.16. The predicted molar refractivity (Wildman–Crippen MR) is 86.5 cm³/mol. The summed E-state index contributed by atoms with van der Waals surface area (Å²) in [4.78, 5) is 0. The Labute approximate surface area is 129 Å². The van der Waals surface area contributed by atoms with Gasteiger partial charge in [-0.25, -0.2) is 0 Å². The summed E-state index contributed by atoms with van der Waals surface area (Å²) in [6.07, 6.45) is 0.490. The van der Waals surface area contributed by atoms with Gasteiger partial charge in [0, 0.05) is 0 Å². The molecule has 0 fully saturated rings. The first kappa shape index (κ1) is 18.1. The second kappa shape index (κ2) is 8.52. The van der Waals surface area contributed by atoms with Crippen LogP contribution in [0.3, 0.4) is 0 Å². The van der Waals surface area contributed by atoms with Crippen LogP contribution in [0.2, 0.25) is 0 Å². The molecule has 1 N–H and O–H groups in total. The van der Waals surface area contributed by atoms with Gasteiger partial charge in [0.15, 0.2) is 0 Å². The molecule has 0 aliphatic rings. The lowest BCUT2D eigenvalue weighted by Gasteiger charge is -2.19. The second-order valence-electron chi connectivity index (χ2n) is 6.89. The summed E-state index contributed by atoms with van der Waals surface area (Å²) in [5.74, 6) is 0.645. The minimum Gasteiger partial charge on any atom is -0.386 e. The molecule has 1 aromatic rings. The van der Waals surface area contributed by atoms with Crippen molar-refractivity contribution in [3.8, 4) is 0 Å². The van der Waals surface area contributed by atoms with Crippen LogP contribution < -0.4 is 0 Å². The van der Waals surface area contributed by atoms with Crippen molar-refractivity contribution in [1.29, 1.82) is 0 Å². The molecule has 0 radical (unpaired) electrons. The molecule has 3 nitrogen and oxygen atoms in total. The first-order chi connectivity index (χ1) is 9.78. The Kier molecular flexibility index (Phi) is 7.36. The predicted octanol–water partition coefficient (Wildman–Crippen LogP) is 3.75. The summed E-state index contributed by atoms with van der Waals surface area (Å²) < 4.78 is 11.0. The molecular weight excluding hydrogens is 264 g/mol. The van der Waals surface area contributed by atoms with E-state index in [1.165, 1.54) is 5.56 Å². The Hall–Kier alpha value is -0.900. The van der Waals surface area contributed by atoms with Gasteiger partial charge in [-0.3, -0.25) is 0 Å². The third-order valence-corrected chi connectivity index (χ3v) is 3.05. The van der Waals surface area contributed by atoms with E-state index in [0.29, 0.717) is 25.7 Å². The monoisotopic (exact) mass is 294 g/mol. The maximum absolute atomic E-state index is 10.1. The fourth-order valence-corrected chi connectivity index (χ4v) is 2.05. The average Bonchev–Trinajstić information content (AvgIpc) is 2.37. The number of hydrogen-bond donors (Lipinski definition) is 1. The summed E-state index contributed by atoms with van der Waals surface area (Å²) >= 11 is 0. The van der Waals surface area contributed by atoms with Crippen molar-refractivity contribution < 1.29 is 14.6 Å². The van der Waals surface area contributed by atoms with Crippen LogP contribution in [0.4, 0.5) is 0 Å². The molecule has 0 saturated heterocycles. The van der Waals surface area contributed by atoms with Gasteiger partial charge < -0.3 is 14.6 Å². The molecular formula is C18H30O3. The number of benzene rings is 1. The quantitative estimate of drug-likeness (QED) is 0.742. The van der Waals surface area contributed by atoms with Crippen molar-refractivity contribution in [2.75, 3.05) is 19.8 Å². The largest absolute Gasteiger partial charge is 0.386 e. The topological polar surface area (TPSA) is 38.7 Å². The van der Waals surface area contributed by atoms with Gasteiger partial charge >= 0.3 is 0 Å². The maximum atomic E-state index is 10.1. The number of ether oxygens (including phenoxy) is 2. The lowest BCUT2D eigenvalue weighted by atomic mass is 10.0. The van der Waals surface area contributed by atoms with Crippen molar-refractivity contribution in [2.45, 2.75) is 52.7 Å². The van der Waals surface area contributed by atoms with Gasteiger partial charge in [0.2, 0.25) is 0 Å². The van der Waals surface area contributed by atoms with Gasteiger partial charge in [0.25, 0.3) is 0 Å². The second-order valence-corrected chi connectivity index (χ2v) is 6.89. The lowest BCUT2D eigenvalue weighted by molar-refractivity contribution is -0.0477. The van der Waals surface area contributed by atoms with Crippen molar-refractivity contribution in [3.63, 3.8) is 0 Å². The molecule has 0 amide bonds. The van der Waals surface area contributed by atoms with Crippen LogP contribution in [0.5, 0.6) is 0 Å². The van der Waals surface area contributed by atoms with Gasteiger partial charge in [-0.2, -0.15) is 0 Å². The van der Waals surface area contributed by atoms with Crippen molar-refractivity contribution in [3.05, 3.63) is 35.4 Å². The maximum Gasteiger partial charge on any atom is 0.102 e. The van der Waals surface area contributed by atoms with Crippen LogP contribution in [-0.2, 0) is 15.9 Å². The standard InChI is InChI=1S/C18H30O3/c1-14(2)12-15-6-8-16(9-7-15)17(19)13-20-10-11-21-18(3,4)5/h6-9,14,17,19H,10-13H2,1-5H3. The van der Waals surface area contributed by atoms with E-state index in [-0.39, 0.29) is 5.60 Å². The van der Waals surface area contributed by atoms with E-state index in [2.05, 4.69) is 26.0 Å². The van der Waals surface area contributed by atoms with Crippen LogP contribution in [-0.4, -0.2) is 30.5 Å². The highest BCUT2D eigenvalue weighted by Gasteiger charge is 2.11. The number of rotatable bonds is 8. The highest BCUT2D eigenvalue weighted by atomic mass is 16.5. The van der Waals surface area contributed by atoms with E-state index in [1.54, 1.807) is 0 Å². The van der Waals surface area contributed by atoms with Gasteiger partial charge in [-0.1, -0.05) is 38.1 Å². The fraction of sp³-hybridized carbons (Fsp3) is 0.667. The molecule has 1 rings (SSSR count). The molecule has 0 heterocycles. The Bertz CT molecular complexity index is 390. The molecule has 0 aliphatic carbocycles. The molecule has 0 aliphatic heterocycles. The molecule has 0 spiro atoms. The molecule has 0 saturated carbocycles. The molecule has 1 atom stereocenters. The molecule has 0 bridgehead atoms. The number of aliphatic hydroxyl groups excluding tert-OH is 1. The molecule has 0 aromatic heterocycles. The van der Waals surface area contributed by atoms with E-state index >= 15 is 0 Å². The van der Waals surface area contributed by atoms with Crippen molar-refractivity contribution in [1.82, 2.24) is 0 Å². The van der Waals surface area contributed by atoms with E-state index in [1.807, 2.05) is 32.9 Å². The Balaban J connectivity index is 2.30. The number of aliphatic hydroxyl groups is 1. The lowest BCUT2D eigenvalue weighted by Crippen LogP contribution is -2.22. The zero-order valence-corrected chi connectivity index (χ0v) is 14.1. The van der Waals surface area contributed by atoms with E-state index in [0.717, 1.165) is 12.0 Å². The minimum absolute atomic E-state index is 0.145. The van der Waals surface area contributed by atoms with Gasteiger partial charge in [0.1, 0.15) is 6.10 Å². The van der Waals surface area contributed by atoms with Gasteiger partial charge in [-0.05, 0) is 44.2 Å². The van der Waals surface area contributed by atoms with Crippen LogP contribution in [0.15, 0.2) is 24.3 Å². The number of hydrogen-bond acceptors (Lipinski definition) is 3. The summed E-state index contributed by atoms with van der Waals surface area (Å²) in [6, 6.07) is 8.14. The van der Waals surface area contributed by atoms with Gasteiger partial charge in [-0.15, -0.1) is 0 Å². The summed E-state index contributed by atoms with van der Waals surface area (Å²) in [5.41, 5.74) is 2.06. The first-order valence-electron chi connectivity index (χ1n) is 7.76. The van der Waals surface area contributed by atoms with E-state index in [4.69, 9.17) is 9.47 Å². The highest BCUT2D eigenvalue weighted by molar-refractivity contribution is 5.24. The Morgan fingerprint density at radius 2 is 1.67 bits per heavy atom. The Morgan fingerprint density at radius 1 is 1.05 bits per heavy atom. The third kappa shape index (κ3) is 8.20. The van der Waals surface area contributed by atoms with Crippen molar-refractivity contribution in [2.24, 2.45) is 5.92 Å². The van der Waals surface area contributed by atoms with Crippen LogP contribution in [0, 0.1) is 5.92 Å². The third-order valence-electron chi connectivity index (χ3n) is 3.05. The smallest absolute Gasteiger partial charge is 0.102 e. The summed E-state index contributed by atoms with van der Waals surface area (Å²) in [5, 5.41) is 10.1. The van der Waals surface area contributed by atoms with Crippen molar-refractivity contribution >= 4 is 0 Å². The SMILES string of the molecule is CC(C)Cc1ccc(C(O)COCCOC(C)(C)C)cc1.